The smallest absolute Gasteiger partial charge is 0.141 e. The second-order valence-corrected chi connectivity index (χ2v) is 3.92. The summed E-state index contributed by atoms with van der Waals surface area (Å²) in [4.78, 5) is 4.02. The average Bonchev–Trinajstić information content (AvgIpc) is 2.79. The van der Waals surface area contributed by atoms with Crippen LogP contribution in [0.5, 0.6) is 5.75 Å². The van der Waals surface area contributed by atoms with Crippen molar-refractivity contribution in [3.05, 3.63) is 24.0 Å². The van der Waals surface area contributed by atoms with Gasteiger partial charge < -0.3 is 9.47 Å². The van der Waals surface area contributed by atoms with E-state index in [1.165, 1.54) is 0 Å². The lowest BCUT2D eigenvalue weighted by atomic mass is 10.1. The van der Waals surface area contributed by atoms with Gasteiger partial charge in [-0.05, 0) is 12.5 Å². The molecule has 2 heterocycles. The van der Waals surface area contributed by atoms with Crippen LogP contribution in [0.4, 0.5) is 0 Å². The Morgan fingerprint density at radius 1 is 1.60 bits per heavy atom. The Bertz CT molecular complexity index is 313. The Balaban J connectivity index is 1.91. The zero-order valence-corrected chi connectivity index (χ0v) is 9.24. The van der Waals surface area contributed by atoms with Gasteiger partial charge in [0.05, 0.1) is 25.3 Å². The molecule has 82 valence electrons. The minimum Gasteiger partial charge on any atom is -0.491 e. The lowest BCUT2D eigenvalue weighted by Crippen LogP contribution is -2.12. The van der Waals surface area contributed by atoms with Crippen molar-refractivity contribution in [2.45, 2.75) is 12.3 Å². The molecule has 0 amide bonds. The molecule has 1 aromatic rings. The fraction of sp³-hybridized carbons (Fsp3) is 0.545. The molecule has 1 saturated heterocycles. The van der Waals surface area contributed by atoms with Crippen molar-refractivity contribution in [2.24, 2.45) is 5.92 Å². The van der Waals surface area contributed by atoms with E-state index < -0.39 is 0 Å². The molecule has 3 nitrogen and oxygen atoms in total. The molecular weight excluding hydrogens is 214 g/mol. The molecule has 0 bridgehead atoms. The lowest BCUT2D eigenvalue weighted by Gasteiger charge is -2.12. The molecule has 2 rings (SSSR count). The van der Waals surface area contributed by atoms with Gasteiger partial charge in [-0.1, -0.05) is 0 Å². The number of hydrogen-bond donors (Lipinski definition) is 0. The van der Waals surface area contributed by atoms with E-state index >= 15 is 0 Å². The van der Waals surface area contributed by atoms with Crippen LogP contribution in [0.3, 0.4) is 0 Å². The predicted molar refractivity (Wildman–Crippen MR) is 58.2 cm³/mol. The Hall–Kier alpha value is -0.800. The Morgan fingerprint density at radius 3 is 3.27 bits per heavy atom. The van der Waals surface area contributed by atoms with Gasteiger partial charge in [0.15, 0.2) is 0 Å². The molecule has 4 heteroatoms. The number of aromatic nitrogens is 1. The molecular formula is C11H14ClNO2. The summed E-state index contributed by atoms with van der Waals surface area (Å²) in [5.74, 6) is 1.76. The molecule has 0 aromatic carbocycles. The van der Waals surface area contributed by atoms with Crippen molar-refractivity contribution in [3.8, 4) is 5.75 Å². The van der Waals surface area contributed by atoms with Crippen molar-refractivity contribution < 1.29 is 9.47 Å². The minimum absolute atomic E-state index is 0.457. The fourth-order valence-electron chi connectivity index (χ4n) is 1.57. The average molecular weight is 228 g/mol. The van der Waals surface area contributed by atoms with Gasteiger partial charge in [-0.25, -0.2) is 0 Å². The Kier molecular flexibility index (Phi) is 3.80. The first-order valence-electron chi connectivity index (χ1n) is 5.09. The van der Waals surface area contributed by atoms with Crippen LogP contribution < -0.4 is 4.74 Å². The highest BCUT2D eigenvalue weighted by molar-refractivity contribution is 6.17. The molecule has 0 spiro atoms. The van der Waals surface area contributed by atoms with Crippen LogP contribution in [-0.4, -0.2) is 24.8 Å². The molecule has 0 aliphatic carbocycles. The standard InChI is InChI=1S/C11H14ClNO2/c12-5-10-1-3-13-6-11(10)15-8-9-2-4-14-7-9/h1,3,6,9H,2,4-5,7-8H2. The summed E-state index contributed by atoms with van der Waals surface area (Å²) >= 11 is 5.80. The fourth-order valence-corrected chi connectivity index (χ4v) is 1.79. The molecule has 1 fully saturated rings. The van der Waals surface area contributed by atoms with Gasteiger partial charge in [-0.3, -0.25) is 4.98 Å². The van der Waals surface area contributed by atoms with Gasteiger partial charge in [0.2, 0.25) is 0 Å². The number of halogens is 1. The predicted octanol–water partition coefficient (Wildman–Crippen LogP) is 2.24. The first kappa shape index (κ1) is 10.7. The molecule has 1 aromatic heterocycles. The summed E-state index contributed by atoms with van der Waals surface area (Å²) in [6.45, 7) is 2.34. The lowest BCUT2D eigenvalue weighted by molar-refractivity contribution is 0.166. The third-order valence-electron chi connectivity index (χ3n) is 2.51. The summed E-state index contributed by atoms with van der Waals surface area (Å²) < 4.78 is 11.0. The number of pyridine rings is 1. The van der Waals surface area contributed by atoms with Gasteiger partial charge in [0.25, 0.3) is 0 Å². The van der Waals surface area contributed by atoms with E-state index in [9.17, 15) is 0 Å². The highest BCUT2D eigenvalue weighted by Crippen LogP contribution is 2.20. The maximum atomic E-state index is 5.80. The van der Waals surface area contributed by atoms with Crippen molar-refractivity contribution >= 4 is 11.6 Å². The topological polar surface area (TPSA) is 31.4 Å². The monoisotopic (exact) mass is 227 g/mol. The molecule has 1 aliphatic rings. The maximum absolute atomic E-state index is 5.80. The van der Waals surface area contributed by atoms with Crippen LogP contribution in [0.15, 0.2) is 18.5 Å². The third-order valence-corrected chi connectivity index (χ3v) is 2.80. The van der Waals surface area contributed by atoms with E-state index in [2.05, 4.69) is 4.98 Å². The van der Waals surface area contributed by atoms with Crippen molar-refractivity contribution in [2.75, 3.05) is 19.8 Å². The number of ether oxygens (including phenoxy) is 2. The second-order valence-electron chi connectivity index (χ2n) is 3.66. The van der Waals surface area contributed by atoms with Crippen LogP contribution >= 0.6 is 11.6 Å². The quantitative estimate of drug-likeness (QED) is 0.740. The number of alkyl halides is 1. The normalized spacial score (nSPS) is 20.5. The van der Waals surface area contributed by atoms with Gasteiger partial charge >= 0.3 is 0 Å². The molecule has 0 radical (unpaired) electrons. The summed E-state index contributed by atoms with van der Waals surface area (Å²) in [5.41, 5.74) is 0.991. The van der Waals surface area contributed by atoms with E-state index in [1.54, 1.807) is 12.4 Å². The first-order chi connectivity index (χ1) is 7.40. The van der Waals surface area contributed by atoms with Crippen LogP contribution in [0, 0.1) is 5.92 Å². The van der Waals surface area contributed by atoms with Crippen LogP contribution in [0.1, 0.15) is 12.0 Å². The van der Waals surface area contributed by atoms with E-state index in [-0.39, 0.29) is 0 Å². The minimum atomic E-state index is 0.457. The summed E-state index contributed by atoms with van der Waals surface area (Å²) in [6.07, 6.45) is 4.52. The van der Waals surface area contributed by atoms with E-state index in [0.717, 1.165) is 30.9 Å². The molecule has 0 N–H and O–H groups in total. The first-order valence-corrected chi connectivity index (χ1v) is 5.63. The number of hydrogen-bond acceptors (Lipinski definition) is 3. The van der Waals surface area contributed by atoms with E-state index in [1.807, 2.05) is 6.07 Å². The van der Waals surface area contributed by atoms with E-state index in [0.29, 0.717) is 18.4 Å². The highest BCUT2D eigenvalue weighted by Gasteiger charge is 2.16. The van der Waals surface area contributed by atoms with Gasteiger partial charge in [0.1, 0.15) is 5.75 Å². The SMILES string of the molecule is ClCc1ccncc1OCC1CCOC1. The van der Waals surface area contributed by atoms with Crippen molar-refractivity contribution in [1.82, 2.24) is 4.98 Å². The second kappa shape index (κ2) is 5.33. The van der Waals surface area contributed by atoms with Crippen LogP contribution in [0.2, 0.25) is 0 Å². The van der Waals surface area contributed by atoms with Crippen molar-refractivity contribution in [3.63, 3.8) is 0 Å². The molecule has 15 heavy (non-hydrogen) atoms. The summed E-state index contributed by atoms with van der Waals surface area (Å²) in [6, 6.07) is 1.88. The summed E-state index contributed by atoms with van der Waals surface area (Å²) in [7, 11) is 0. The van der Waals surface area contributed by atoms with Gasteiger partial charge in [-0.15, -0.1) is 11.6 Å². The van der Waals surface area contributed by atoms with Gasteiger partial charge in [0, 0.05) is 24.3 Å². The number of nitrogens with zero attached hydrogens (tertiary/aromatic N) is 1. The van der Waals surface area contributed by atoms with Gasteiger partial charge in [-0.2, -0.15) is 0 Å². The zero-order valence-electron chi connectivity index (χ0n) is 8.49. The maximum Gasteiger partial charge on any atom is 0.141 e. The third kappa shape index (κ3) is 2.83. The van der Waals surface area contributed by atoms with Crippen LogP contribution in [0.25, 0.3) is 0 Å². The molecule has 1 atom stereocenters. The molecule has 0 saturated carbocycles. The largest absolute Gasteiger partial charge is 0.491 e. The molecule has 1 aliphatic heterocycles. The van der Waals surface area contributed by atoms with Crippen molar-refractivity contribution in [1.29, 1.82) is 0 Å². The highest BCUT2D eigenvalue weighted by atomic mass is 35.5. The zero-order chi connectivity index (χ0) is 10.5. The Labute approximate surface area is 94.4 Å². The summed E-state index contributed by atoms with van der Waals surface area (Å²) in [5, 5.41) is 0. The van der Waals surface area contributed by atoms with Crippen LogP contribution in [-0.2, 0) is 10.6 Å². The number of rotatable bonds is 4. The Morgan fingerprint density at radius 2 is 2.53 bits per heavy atom. The molecule has 1 unspecified atom stereocenters. The van der Waals surface area contributed by atoms with E-state index in [4.69, 9.17) is 21.1 Å².